The summed E-state index contributed by atoms with van der Waals surface area (Å²) in [5, 5.41) is 4.88. The molecule has 2 atom stereocenters. The van der Waals surface area contributed by atoms with Crippen LogP contribution in [0.2, 0.25) is 0 Å². The lowest BCUT2D eigenvalue weighted by atomic mass is 9.94. The van der Waals surface area contributed by atoms with Gasteiger partial charge in [-0.05, 0) is 45.1 Å². The summed E-state index contributed by atoms with van der Waals surface area (Å²) in [6.45, 7) is 5.19. The summed E-state index contributed by atoms with van der Waals surface area (Å²) in [5.74, 6) is 0.639. The quantitative estimate of drug-likeness (QED) is 0.590. The van der Waals surface area contributed by atoms with Crippen LogP contribution in [0.3, 0.4) is 0 Å². The molecule has 0 aromatic carbocycles. The summed E-state index contributed by atoms with van der Waals surface area (Å²) < 4.78 is 2.13. The molecule has 2 rings (SSSR count). The Kier molecular flexibility index (Phi) is 4.49. The van der Waals surface area contributed by atoms with E-state index in [1.54, 1.807) is 0 Å². The highest BCUT2D eigenvalue weighted by Gasteiger charge is 2.23. The van der Waals surface area contributed by atoms with Gasteiger partial charge in [-0.25, -0.2) is 0 Å². The third-order valence-corrected chi connectivity index (χ3v) is 4.40. The Balaban J connectivity index is 2.07. The van der Waals surface area contributed by atoms with E-state index in [1.165, 1.54) is 37.8 Å². The molecule has 96 valence electrons. The fraction of sp³-hybridized carbons (Fsp3) is 0.786. The molecular weight excluding hydrogens is 232 g/mol. The van der Waals surface area contributed by atoms with Crippen LogP contribution in [-0.2, 0) is 13.0 Å². The first-order valence-corrected chi connectivity index (χ1v) is 7.31. The SMILES string of the molecule is CCn1nc(C)cc1CC1CCCCCC1Cl. The normalized spacial score (nSPS) is 25.8. The lowest BCUT2D eigenvalue weighted by Gasteiger charge is -2.19. The Bertz CT molecular complexity index is 359. The van der Waals surface area contributed by atoms with Gasteiger partial charge in [-0.15, -0.1) is 11.6 Å². The van der Waals surface area contributed by atoms with Crippen molar-refractivity contribution in [3.63, 3.8) is 0 Å². The van der Waals surface area contributed by atoms with Gasteiger partial charge in [-0.1, -0.05) is 19.3 Å². The first-order chi connectivity index (χ1) is 8.20. The Morgan fingerprint density at radius 1 is 1.35 bits per heavy atom. The van der Waals surface area contributed by atoms with Gasteiger partial charge in [0.05, 0.1) is 5.69 Å². The number of alkyl halides is 1. The van der Waals surface area contributed by atoms with Crippen molar-refractivity contribution < 1.29 is 0 Å². The van der Waals surface area contributed by atoms with Crippen LogP contribution in [0, 0.1) is 12.8 Å². The minimum atomic E-state index is 0.359. The van der Waals surface area contributed by atoms with Gasteiger partial charge in [0, 0.05) is 17.6 Å². The van der Waals surface area contributed by atoms with Crippen molar-refractivity contribution in [2.24, 2.45) is 5.92 Å². The molecule has 0 spiro atoms. The first kappa shape index (κ1) is 12.9. The van der Waals surface area contributed by atoms with Crippen LogP contribution in [0.25, 0.3) is 0 Å². The second-order valence-electron chi connectivity index (χ2n) is 5.21. The molecule has 1 fully saturated rings. The summed E-state index contributed by atoms with van der Waals surface area (Å²) in [5.41, 5.74) is 2.49. The number of aromatic nitrogens is 2. The van der Waals surface area contributed by atoms with Gasteiger partial charge in [-0.2, -0.15) is 5.10 Å². The zero-order chi connectivity index (χ0) is 12.3. The van der Waals surface area contributed by atoms with E-state index >= 15 is 0 Å². The van der Waals surface area contributed by atoms with Crippen molar-refractivity contribution in [1.82, 2.24) is 9.78 Å². The molecule has 1 aromatic heterocycles. The smallest absolute Gasteiger partial charge is 0.0596 e. The van der Waals surface area contributed by atoms with Crippen LogP contribution in [0.1, 0.15) is 50.4 Å². The molecule has 3 heteroatoms. The number of hydrogen-bond donors (Lipinski definition) is 0. The van der Waals surface area contributed by atoms with Crippen LogP contribution in [0.5, 0.6) is 0 Å². The summed E-state index contributed by atoms with van der Waals surface area (Å²) in [6.07, 6.45) is 7.56. The van der Waals surface area contributed by atoms with Crippen LogP contribution >= 0.6 is 11.6 Å². The van der Waals surface area contributed by atoms with E-state index in [4.69, 9.17) is 11.6 Å². The third kappa shape index (κ3) is 3.25. The molecular formula is C14H23ClN2. The van der Waals surface area contributed by atoms with Crippen LogP contribution in [0.4, 0.5) is 0 Å². The van der Waals surface area contributed by atoms with Gasteiger partial charge >= 0.3 is 0 Å². The predicted molar refractivity (Wildman–Crippen MR) is 72.6 cm³/mol. The van der Waals surface area contributed by atoms with Crippen molar-refractivity contribution in [1.29, 1.82) is 0 Å². The fourth-order valence-electron chi connectivity index (χ4n) is 2.87. The number of hydrogen-bond acceptors (Lipinski definition) is 1. The van der Waals surface area contributed by atoms with Crippen LogP contribution in [0.15, 0.2) is 6.07 Å². The van der Waals surface area contributed by atoms with Crippen molar-refractivity contribution in [2.45, 2.75) is 64.3 Å². The van der Waals surface area contributed by atoms with E-state index in [2.05, 4.69) is 29.7 Å². The fourth-order valence-corrected chi connectivity index (χ4v) is 3.24. The maximum absolute atomic E-state index is 6.51. The molecule has 0 N–H and O–H groups in total. The second-order valence-corrected chi connectivity index (χ2v) is 5.77. The Morgan fingerprint density at radius 2 is 2.12 bits per heavy atom. The van der Waals surface area contributed by atoms with Gasteiger partial charge in [-0.3, -0.25) is 4.68 Å². The van der Waals surface area contributed by atoms with E-state index in [0.29, 0.717) is 11.3 Å². The van der Waals surface area contributed by atoms with Gasteiger partial charge in [0.25, 0.3) is 0 Å². The first-order valence-electron chi connectivity index (χ1n) is 6.88. The lowest BCUT2D eigenvalue weighted by molar-refractivity contribution is 0.445. The highest BCUT2D eigenvalue weighted by molar-refractivity contribution is 6.20. The standard InChI is InChI=1S/C14H23ClN2/c1-3-17-13(9-11(2)16-17)10-12-7-5-4-6-8-14(12)15/h9,12,14H,3-8,10H2,1-2H3. The summed E-state index contributed by atoms with van der Waals surface area (Å²) in [4.78, 5) is 0. The van der Waals surface area contributed by atoms with E-state index in [1.807, 2.05) is 0 Å². The Morgan fingerprint density at radius 3 is 2.88 bits per heavy atom. The number of halogens is 1. The van der Waals surface area contributed by atoms with E-state index in [0.717, 1.165) is 18.7 Å². The molecule has 0 radical (unpaired) electrons. The van der Waals surface area contributed by atoms with E-state index in [9.17, 15) is 0 Å². The lowest BCUT2D eigenvalue weighted by Crippen LogP contribution is -2.18. The molecule has 1 aliphatic carbocycles. The summed E-state index contributed by atoms with van der Waals surface area (Å²) >= 11 is 6.51. The highest BCUT2D eigenvalue weighted by atomic mass is 35.5. The topological polar surface area (TPSA) is 17.8 Å². The minimum Gasteiger partial charge on any atom is -0.270 e. The van der Waals surface area contributed by atoms with Gasteiger partial charge < -0.3 is 0 Å². The van der Waals surface area contributed by atoms with Crippen molar-refractivity contribution in [3.05, 3.63) is 17.5 Å². The molecule has 1 heterocycles. The molecule has 0 aliphatic heterocycles. The molecule has 2 nitrogen and oxygen atoms in total. The summed E-state index contributed by atoms with van der Waals surface area (Å²) in [6, 6.07) is 2.22. The minimum absolute atomic E-state index is 0.359. The molecule has 0 bridgehead atoms. The Labute approximate surface area is 109 Å². The average Bonchev–Trinajstić information content (AvgIpc) is 2.54. The zero-order valence-corrected chi connectivity index (χ0v) is 11.7. The molecule has 0 saturated heterocycles. The van der Waals surface area contributed by atoms with Crippen molar-refractivity contribution in [2.75, 3.05) is 0 Å². The number of aryl methyl sites for hydroxylation is 2. The second kappa shape index (κ2) is 5.90. The summed E-state index contributed by atoms with van der Waals surface area (Å²) in [7, 11) is 0. The number of nitrogens with zero attached hydrogens (tertiary/aromatic N) is 2. The maximum atomic E-state index is 6.51. The average molecular weight is 255 g/mol. The van der Waals surface area contributed by atoms with Gasteiger partial charge in [0.2, 0.25) is 0 Å². The molecule has 0 amide bonds. The molecule has 1 aliphatic rings. The van der Waals surface area contributed by atoms with Crippen molar-refractivity contribution >= 4 is 11.6 Å². The molecule has 2 unspecified atom stereocenters. The van der Waals surface area contributed by atoms with E-state index in [-0.39, 0.29) is 0 Å². The van der Waals surface area contributed by atoms with Crippen molar-refractivity contribution in [3.8, 4) is 0 Å². The monoisotopic (exact) mass is 254 g/mol. The number of rotatable bonds is 3. The molecule has 1 aromatic rings. The van der Waals surface area contributed by atoms with Crippen LogP contribution in [-0.4, -0.2) is 15.2 Å². The van der Waals surface area contributed by atoms with E-state index < -0.39 is 0 Å². The maximum Gasteiger partial charge on any atom is 0.0596 e. The Hall–Kier alpha value is -0.500. The van der Waals surface area contributed by atoms with Gasteiger partial charge in [0.1, 0.15) is 0 Å². The highest BCUT2D eigenvalue weighted by Crippen LogP contribution is 2.30. The molecule has 1 saturated carbocycles. The largest absolute Gasteiger partial charge is 0.270 e. The van der Waals surface area contributed by atoms with Gasteiger partial charge in [0.15, 0.2) is 0 Å². The zero-order valence-electron chi connectivity index (χ0n) is 11.0. The predicted octanol–water partition coefficient (Wildman–Crippen LogP) is 3.94. The third-order valence-electron chi connectivity index (χ3n) is 3.82. The van der Waals surface area contributed by atoms with Crippen LogP contribution < -0.4 is 0 Å². The molecule has 17 heavy (non-hydrogen) atoms.